The fraction of sp³-hybridized carbons (Fsp3) is 0.375. The van der Waals surface area contributed by atoms with E-state index in [0.29, 0.717) is 0 Å². The number of nitrogens with two attached hydrogens (primary N) is 1. The van der Waals surface area contributed by atoms with E-state index in [9.17, 15) is 0 Å². The van der Waals surface area contributed by atoms with Gasteiger partial charge in [0, 0.05) is 16.8 Å². The van der Waals surface area contributed by atoms with Crippen molar-refractivity contribution in [3.63, 3.8) is 0 Å². The maximum absolute atomic E-state index is 5.57. The lowest BCUT2D eigenvalue weighted by Gasteiger charge is -2.11. The predicted molar refractivity (Wildman–Crippen MR) is 81.4 cm³/mol. The molecule has 104 valence electrons. The van der Waals surface area contributed by atoms with Crippen molar-refractivity contribution < 1.29 is 0 Å². The molecule has 1 saturated carbocycles. The highest BCUT2D eigenvalue weighted by atomic mass is 15.3. The number of anilines is 1. The van der Waals surface area contributed by atoms with Crippen molar-refractivity contribution >= 4 is 5.82 Å². The van der Waals surface area contributed by atoms with Crippen molar-refractivity contribution in [1.29, 1.82) is 0 Å². The minimum Gasteiger partial charge on any atom is -0.308 e. The minimum absolute atomic E-state index is 0.723. The van der Waals surface area contributed by atoms with Crippen LogP contribution in [0.5, 0.6) is 0 Å². The summed E-state index contributed by atoms with van der Waals surface area (Å²) in [6.07, 6.45) is 3.51. The van der Waals surface area contributed by atoms with E-state index in [1.807, 2.05) is 6.92 Å². The number of nitrogen functional groups attached to an aromatic ring is 1. The number of benzene rings is 1. The highest BCUT2D eigenvalue weighted by Crippen LogP contribution is 2.40. The van der Waals surface area contributed by atoms with Crippen LogP contribution in [0.4, 0.5) is 5.82 Å². The molecule has 20 heavy (non-hydrogen) atoms. The molecule has 0 amide bonds. The van der Waals surface area contributed by atoms with Gasteiger partial charge in [-0.2, -0.15) is 0 Å². The Morgan fingerprint density at radius 3 is 2.45 bits per heavy atom. The van der Waals surface area contributed by atoms with E-state index in [0.717, 1.165) is 40.8 Å². The molecule has 4 nitrogen and oxygen atoms in total. The Morgan fingerprint density at radius 2 is 1.90 bits per heavy atom. The normalized spacial score (nSPS) is 14.3. The number of hydrogen-bond acceptors (Lipinski definition) is 4. The summed E-state index contributed by atoms with van der Waals surface area (Å²) in [6, 6.07) is 8.59. The largest absolute Gasteiger partial charge is 0.308 e. The summed E-state index contributed by atoms with van der Waals surface area (Å²) in [5.41, 5.74) is 7.21. The van der Waals surface area contributed by atoms with Gasteiger partial charge >= 0.3 is 0 Å². The first-order chi connectivity index (χ1) is 9.72. The van der Waals surface area contributed by atoms with Crippen molar-refractivity contribution in [2.24, 2.45) is 5.84 Å². The molecular formula is C16H20N4. The van der Waals surface area contributed by atoms with Crippen LogP contribution in [0.2, 0.25) is 0 Å². The molecule has 1 aliphatic carbocycles. The molecule has 1 heterocycles. The molecule has 4 heteroatoms. The average molecular weight is 268 g/mol. The monoisotopic (exact) mass is 268 g/mol. The third kappa shape index (κ3) is 2.39. The van der Waals surface area contributed by atoms with E-state index in [2.05, 4.69) is 46.6 Å². The lowest BCUT2D eigenvalue weighted by atomic mass is 10.1. The molecule has 0 atom stereocenters. The van der Waals surface area contributed by atoms with Crippen LogP contribution >= 0.6 is 0 Å². The van der Waals surface area contributed by atoms with E-state index < -0.39 is 0 Å². The zero-order valence-corrected chi connectivity index (χ0v) is 12.0. The lowest BCUT2D eigenvalue weighted by molar-refractivity contribution is 0.994. The first kappa shape index (κ1) is 13.1. The average Bonchev–Trinajstić information content (AvgIpc) is 3.31. The van der Waals surface area contributed by atoms with Gasteiger partial charge < -0.3 is 5.43 Å². The molecule has 0 spiro atoms. The molecule has 0 unspecified atom stereocenters. The number of rotatable bonds is 4. The van der Waals surface area contributed by atoms with Gasteiger partial charge in [0.1, 0.15) is 5.82 Å². The molecule has 2 aromatic rings. The summed E-state index contributed by atoms with van der Waals surface area (Å²) in [7, 11) is 0. The number of nitrogens with one attached hydrogen (secondary N) is 1. The van der Waals surface area contributed by atoms with Crippen molar-refractivity contribution in [3.05, 3.63) is 41.1 Å². The van der Waals surface area contributed by atoms with E-state index >= 15 is 0 Å². The van der Waals surface area contributed by atoms with Crippen LogP contribution in [0.25, 0.3) is 11.4 Å². The zero-order valence-electron chi connectivity index (χ0n) is 12.0. The Bertz CT molecular complexity index is 615. The highest BCUT2D eigenvalue weighted by molar-refractivity contribution is 5.60. The number of hydrogen-bond donors (Lipinski definition) is 2. The Kier molecular flexibility index (Phi) is 3.40. The molecule has 0 aliphatic heterocycles. The molecule has 3 N–H and O–H groups in total. The topological polar surface area (TPSA) is 63.8 Å². The van der Waals surface area contributed by atoms with Crippen molar-refractivity contribution in [2.75, 3.05) is 5.43 Å². The summed E-state index contributed by atoms with van der Waals surface area (Å²) in [6.45, 7) is 4.08. The van der Waals surface area contributed by atoms with Crippen LogP contribution in [0.15, 0.2) is 24.3 Å². The Balaban J connectivity index is 1.98. The lowest BCUT2D eigenvalue weighted by Crippen LogP contribution is -2.13. The zero-order chi connectivity index (χ0) is 14.1. The van der Waals surface area contributed by atoms with Crippen LogP contribution < -0.4 is 11.3 Å². The summed E-state index contributed by atoms with van der Waals surface area (Å²) < 4.78 is 0. The van der Waals surface area contributed by atoms with Crippen molar-refractivity contribution in [3.8, 4) is 11.4 Å². The fourth-order valence-electron chi connectivity index (χ4n) is 2.59. The van der Waals surface area contributed by atoms with E-state index in [1.165, 1.54) is 18.4 Å². The van der Waals surface area contributed by atoms with Gasteiger partial charge in [-0.3, -0.25) is 0 Å². The van der Waals surface area contributed by atoms with Crippen LogP contribution in [-0.4, -0.2) is 9.97 Å². The second kappa shape index (κ2) is 5.21. The third-order valence-electron chi connectivity index (χ3n) is 3.92. The SMILES string of the molecule is CCc1c(C)nc(-c2ccc(C3CC3)cc2)nc1NN. The highest BCUT2D eigenvalue weighted by Gasteiger charge is 2.23. The van der Waals surface area contributed by atoms with E-state index in [1.54, 1.807) is 0 Å². The maximum Gasteiger partial charge on any atom is 0.161 e. The number of aryl methyl sites for hydroxylation is 1. The minimum atomic E-state index is 0.723. The van der Waals surface area contributed by atoms with Crippen LogP contribution in [-0.2, 0) is 6.42 Å². The molecule has 0 radical (unpaired) electrons. The molecule has 1 fully saturated rings. The van der Waals surface area contributed by atoms with Gasteiger partial charge in [-0.1, -0.05) is 31.2 Å². The summed E-state index contributed by atoms with van der Waals surface area (Å²) in [5, 5.41) is 0. The van der Waals surface area contributed by atoms with Gasteiger partial charge in [0.2, 0.25) is 0 Å². The molecule has 0 saturated heterocycles. The van der Waals surface area contributed by atoms with Gasteiger partial charge in [-0.25, -0.2) is 15.8 Å². The number of hydrazine groups is 1. The van der Waals surface area contributed by atoms with Gasteiger partial charge in [-0.15, -0.1) is 0 Å². The quantitative estimate of drug-likeness (QED) is 0.660. The maximum atomic E-state index is 5.57. The van der Waals surface area contributed by atoms with E-state index in [-0.39, 0.29) is 0 Å². The van der Waals surface area contributed by atoms with Gasteiger partial charge in [-0.05, 0) is 37.7 Å². The fourth-order valence-corrected chi connectivity index (χ4v) is 2.59. The van der Waals surface area contributed by atoms with Crippen LogP contribution in [0.3, 0.4) is 0 Å². The summed E-state index contributed by atoms with van der Waals surface area (Å²) in [4.78, 5) is 9.14. The first-order valence-electron chi connectivity index (χ1n) is 7.17. The van der Waals surface area contributed by atoms with Gasteiger partial charge in [0.25, 0.3) is 0 Å². The van der Waals surface area contributed by atoms with Crippen LogP contribution in [0, 0.1) is 6.92 Å². The Hall–Kier alpha value is -1.94. The third-order valence-corrected chi connectivity index (χ3v) is 3.92. The standard InChI is InChI=1S/C16H20N4/c1-3-14-10(2)18-15(19-16(14)20-17)13-8-6-12(7-9-13)11-4-5-11/h6-9,11H,3-5,17H2,1-2H3,(H,18,19,20). The number of nitrogens with zero attached hydrogens (tertiary/aromatic N) is 2. The Morgan fingerprint density at radius 1 is 1.20 bits per heavy atom. The molecular weight excluding hydrogens is 248 g/mol. The second-order valence-electron chi connectivity index (χ2n) is 5.35. The second-order valence-corrected chi connectivity index (χ2v) is 5.35. The van der Waals surface area contributed by atoms with Crippen molar-refractivity contribution in [1.82, 2.24) is 9.97 Å². The van der Waals surface area contributed by atoms with Crippen molar-refractivity contribution in [2.45, 2.75) is 39.0 Å². The van der Waals surface area contributed by atoms with Gasteiger partial charge in [0.15, 0.2) is 5.82 Å². The smallest absolute Gasteiger partial charge is 0.161 e. The molecule has 0 bridgehead atoms. The van der Waals surface area contributed by atoms with E-state index in [4.69, 9.17) is 5.84 Å². The summed E-state index contributed by atoms with van der Waals surface area (Å²) in [5.74, 6) is 7.80. The number of aromatic nitrogens is 2. The summed E-state index contributed by atoms with van der Waals surface area (Å²) >= 11 is 0. The van der Waals surface area contributed by atoms with Gasteiger partial charge in [0.05, 0.1) is 0 Å². The first-order valence-corrected chi connectivity index (χ1v) is 7.17. The van der Waals surface area contributed by atoms with Crippen LogP contribution in [0.1, 0.15) is 42.5 Å². The molecule has 3 rings (SSSR count). The molecule has 1 aromatic heterocycles. The Labute approximate surface area is 119 Å². The molecule has 1 aromatic carbocycles. The molecule has 1 aliphatic rings. The predicted octanol–water partition coefficient (Wildman–Crippen LogP) is 3.18.